The fourth-order valence-electron chi connectivity index (χ4n) is 2.75. The number of benzene rings is 2. The summed E-state index contributed by atoms with van der Waals surface area (Å²) >= 11 is 0. The maximum atomic E-state index is 12.9. The van der Waals surface area contributed by atoms with E-state index in [4.69, 9.17) is 0 Å². The van der Waals surface area contributed by atoms with Crippen LogP contribution in [0.25, 0.3) is 23.3 Å². The van der Waals surface area contributed by atoms with E-state index in [1.807, 2.05) is 49.4 Å². The van der Waals surface area contributed by atoms with Crippen molar-refractivity contribution < 1.29 is 8.42 Å². The van der Waals surface area contributed by atoms with Gasteiger partial charge in [0.15, 0.2) is 5.65 Å². The predicted octanol–water partition coefficient (Wildman–Crippen LogP) is 4.15. The molecule has 0 unspecified atom stereocenters. The van der Waals surface area contributed by atoms with E-state index in [1.54, 1.807) is 36.5 Å². The van der Waals surface area contributed by atoms with Crippen molar-refractivity contribution >= 4 is 33.3 Å². The second-order valence-electron chi connectivity index (χ2n) is 6.18. The number of rotatable bonds is 4. The largest absolute Gasteiger partial charge is 0.269 e. The molecule has 6 heteroatoms. The fraction of sp³-hybridized carbons (Fsp3) is 0.0476. The summed E-state index contributed by atoms with van der Waals surface area (Å²) in [5, 5.41) is 0. The SMILES string of the molecule is Cc1ccc(S(=O)(=O)n2ccc3nc(C=Cc4ccccc4)cnc32)cc1. The van der Waals surface area contributed by atoms with E-state index in [0.717, 1.165) is 11.1 Å². The summed E-state index contributed by atoms with van der Waals surface area (Å²) in [5.41, 5.74) is 3.56. The molecule has 2 heterocycles. The van der Waals surface area contributed by atoms with Crippen LogP contribution in [0.3, 0.4) is 0 Å². The third kappa shape index (κ3) is 3.39. The molecular formula is C21H17N3O2S. The van der Waals surface area contributed by atoms with E-state index in [9.17, 15) is 8.42 Å². The van der Waals surface area contributed by atoms with Crippen molar-refractivity contribution in [3.05, 3.63) is 89.9 Å². The van der Waals surface area contributed by atoms with Gasteiger partial charge in [-0.25, -0.2) is 22.4 Å². The molecule has 0 aliphatic heterocycles. The van der Waals surface area contributed by atoms with Crippen LogP contribution in [0.4, 0.5) is 0 Å². The molecule has 4 rings (SSSR count). The minimum absolute atomic E-state index is 0.223. The zero-order valence-electron chi connectivity index (χ0n) is 14.6. The second-order valence-corrected chi connectivity index (χ2v) is 7.99. The molecule has 27 heavy (non-hydrogen) atoms. The van der Waals surface area contributed by atoms with Crippen molar-refractivity contribution in [2.45, 2.75) is 11.8 Å². The topological polar surface area (TPSA) is 64.8 Å². The van der Waals surface area contributed by atoms with Crippen LogP contribution in [-0.4, -0.2) is 22.4 Å². The number of hydrogen-bond acceptors (Lipinski definition) is 4. The quantitative estimate of drug-likeness (QED) is 0.538. The Hall–Kier alpha value is -3.25. The molecule has 134 valence electrons. The van der Waals surface area contributed by atoms with E-state index in [-0.39, 0.29) is 4.90 Å². The molecule has 4 aromatic rings. The molecule has 5 nitrogen and oxygen atoms in total. The summed E-state index contributed by atoms with van der Waals surface area (Å²) in [6, 6.07) is 18.3. The molecule has 0 spiro atoms. The molecule has 0 saturated heterocycles. The minimum Gasteiger partial charge on any atom is -0.243 e. The van der Waals surface area contributed by atoms with Crippen LogP contribution in [-0.2, 0) is 10.0 Å². The van der Waals surface area contributed by atoms with Gasteiger partial charge in [0.05, 0.1) is 16.8 Å². The van der Waals surface area contributed by atoms with Gasteiger partial charge in [0.25, 0.3) is 10.0 Å². The lowest BCUT2D eigenvalue weighted by Gasteiger charge is -2.07. The number of aromatic nitrogens is 3. The van der Waals surface area contributed by atoms with Crippen LogP contribution in [0.5, 0.6) is 0 Å². The van der Waals surface area contributed by atoms with E-state index in [2.05, 4.69) is 9.97 Å². The molecule has 0 aliphatic rings. The van der Waals surface area contributed by atoms with Gasteiger partial charge >= 0.3 is 0 Å². The number of nitrogens with zero attached hydrogens (tertiary/aromatic N) is 3. The lowest BCUT2D eigenvalue weighted by molar-refractivity contribution is 0.588. The van der Waals surface area contributed by atoms with Gasteiger partial charge in [-0.1, -0.05) is 54.1 Å². The molecule has 0 N–H and O–H groups in total. The first-order chi connectivity index (χ1) is 13.0. The van der Waals surface area contributed by atoms with E-state index in [1.165, 1.54) is 10.2 Å². The van der Waals surface area contributed by atoms with Crippen LogP contribution >= 0.6 is 0 Å². The monoisotopic (exact) mass is 375 g/mol. The van der Waals surface area contributed by atoms with Crippen molar-refractivity contribution in [2.24, 2.45) is 0 Å². The van der Waals surface area contributed by atoms with E-state index >= 15 is 0 Å². The first kappa shape index (κ1) is 17.2. The van der Waals surface area contributed by atoms with Crippen molar-refractivity contribution in [3.8, 4) is 0 Å². The van der Waals surface area contributed by atoms with Gasteiger partial charge in [-0.2, -0.15) is 0 Å². The Balaban J connectivity index is 1.70. The van der Waals surface area contributed by atoms with E-state index in [0.29, 0.717) is 16.9 Å². The van der Waals surface area contributed by atoms with Crippen LogP contribution in [0.2, 0.25) is 0 Å². The average Bonchev–Trinajstić information content (AvgIpc) is 3.11. The second kappa shape index (κ2) is 6.81. The van der Waals surface area contributed by atoms with Crippen LogP contribution in [0.1, 0.15) is 16.8 Å². The van der Waals surface area contributed by atoms with Gasteiger partial charge in [-0.05, 0) is 36.8 Å². The third-order valence-electron chi connectivity index (χ3n) is 4.20. The van der Waals surface area contributed by atoms with E-state index < -0.39 is 10.0 Å². The summed E-state index contributed by atoms with van der Waals surface area (Å²) < 4.78 is 27.0. The molecule has 0 amide bonds. The highest BCUT2D eigenvalue weighted by Crippen LogP contribution is 2.20. The maximum absolute atomic E-state index is 12.9. The lowest BCUT2D eigenvalue weighted by atomic mass is 10.2. The molecular weight excluding hydrogens is 358 g/mol. The summed E-state index contributed by atoms with van der Waals surface area (Å²) in [7, 11) is -3.71. The number of fused-ring (bicyclic) bond motifs is 1. The molecule has 2 aromatic carbocycles. The van der Waals surface area contributed by atoms with Gasteiger partial charge in [-0.3, -0.25) is 0 Å². The smallest absolute Gasteiger partial charge is 0.243 e. The van der Waals surface area contributed by atoms with Crippen molar-refractivity contribution in [1.82, 2.24) is 13.9 Å². The normalized spacial score (nSPS) is 12.0. The van der Waals surface area contributed by atoms with Gasteiger partial charge in [0.1, 0.15) is 5.52 Å². The highest BCUT2D eigenvalue weighted by Gasteiger charge is 2.20. The van der Waals surface area contributed by atoms with Crippen LogP contribution in [0.15, 0.2) is 78.0 Å². The first-order valence-corrected chi connectivity index (χ1v) is 9.87. The Morgan fingerprint density at radius 3 is 2.41 bits per heavy atom. The standard InChI is InChI=1S/C21H17N3O2S/c1-16-7-11-19(12-8-16)27(25,26)24-14-13-20-21(24)22-15-18(23-20)10-9-17-5-3-2-4-6-17/h2-15H,1H3. The molecule has 0 bridgehead atoms. The highest BCUT2D eigenvalue weighted by molar-refractivity contribution is 7.90. The Kier molecular flexibility index (Phi) is 4.33. The number of aryl methyl sites for hydroxylation is 1. The first-order valence-electron chi connectivity index (χ1n) is 8.43. The Bertz CT molecular complexity index is 1230. The Labute approximate surface area is 157 Å². The van der Waals surface area contributed by atoms with Crippen LogP contribution in [0, 0.1) is 6.92 Å². The zero-order valence-corrected chi connectivity index (χ0v) is 15.5. The van der Waals surface area contributed by atoms with Gasteiger partial charge < -0.3 is 0 Å². The van der Waals surface area contributed by atoms with Crippen LogP contribution < -0.4 is 0 Å². The van der Waals surface area contributed by atoms with Gasteiger partial charge in [0.2, 0.25) is 0 Å². The van der Waals surface area contributed by atoms with Crippen molar-refractivity contribution in [3.63, 3.8) is 0 Å². The molecule has 0 aliphatic carbocycles. The Morgan fingerprint density at radius 2 is 1.67 bits per heavy atom. The molecule has 0 fully saturated rings. The highest BCUT2D eigenvalue weighted by atomic mass is 32.2. The maximum Gasteiger partial charge on any atom is 0.269 e. The predicted molar refractivity (Wildman–Crippen MR) is 107 cm³/mol. The Morgan fingerprint density at radius 1 is 0.926 bits per heavy atom. The summed E-state index contributed by atoms with van der Waals surface area (Å²) in [5.74, 6) is 0. The number of hydrogen-bond donors (Lipinski definition) is 0. The fourth-order valence-corrected chi connectivity index (χ4v) is 4.04. The third-order valence-corrected chi connectivity index (χ3v) is 5.88. The summed E-state index contributed by atoms with van der Waals surface area (Å²) in [4.78, 5) is 9.05. The molecule has 0 radical (unpaired) electrons. The van der Waals surface area contributed by atoms with Gasteiger partial charge in [0, 0.05) is 6.20 Å². The summed E-state index contributed by atoms with van der Waals surface area (Å²) in [6.07, 6.45) is 6.86. The average molecular weight is 375 g/mol. The molecule has 0 atom stereocenters. The lowest BCUT2D eigenvalue weighted by Crippen LogP contribution is -2.12. The minimum atomic E-state index is -3.71. The van der Waals surface area contributed by atoms with Crippen molar-refractivity contribution in [2.75, 3.05) is 0 Å². The zero-order chi connectivity index (χ0) is 18.9. The molecule has 2 aromatic heterocycles. The van der Waals surface area contributed by atoms with Crippen molar-refractivity contribution in [1.29, 1.82) is 0 Å². The summed E-state index contributed by atoms with van der Waals surface area (Å²) in [6.45, 7) is 1.91. The molecule has 0 saturated carbocycles. The van der Waals surface area contributed by atoms with Gasteiger partial charge in [-0.15, -0.1) is 0 Å².